The molecule has 0 aromatic carbocycles. The molecule has 2 heterocycles. The number of allylic oxidation sites excluding steroid dienone is 2. The molecule has 0 saturated carbocycles. The lowest BCUT2D eigenvalue weighted by Crippen LogP contribution is -2.15. The molecule has 1 aromatic rings. The van der Waals surface area contributed by atoms with Crippen LogP contribution in [0.15, 0.2) is 30.4 Å². The van der Waals surface area contributed by atoms with Crippen LogP contribution in [0.4, 0.5) is 10.3 Å². The molecule has 2 rings (SSSR count). The maximum absolute atomic E-state index is 13.4. The van der Waals surface area contributed by atoms with Gasteiger partial charge in [-0.2, -0.15) is 4.39 Å². The van der Waals surface area contributed by atoms with Gasteiger partial charge in [0.2, 0.25) is 5.95 Å². The summed E-state index contributed by atoms with van der Waals surface area (Å²) in [6, 6.07) is 1.67. The lowest BCUT2D eigenvalue weighted by Gasteiger charge is -2.11. The van der Waals surface area contributed by atoms with Crippen molar-refractivity contribution in [3.63, 3.8) is 0 Å². The third kappa shape index (κ3) is 1.96. The molecule has 0 fully saturated rings. The first-order chi connectivity index (χ1) is 7.31. The van der Waals surface area contributed by atoms with Crippen molar-refractivity contribution >= 4 is 11.5 Å². The molecule has 1 aromatic heterocycles. The Bertz CT molecular complexity index is 425. The van der Waals surface area contributed by atoms with Crippen molar-refractivity contribution in [3.8, 4) is 0 Å². The van der Waals surface area contributed by atoms with Crippen molar-refractivity contribution in [1.82, 2.24) is 15.3 Å². The summed E-state index contributed by atoms with van der Waals surface area (Å²) < 4.78 is 13.4. The Kier molecular flexibility index (Phi) is 2.62. The minimum atomic E-state index is -0.349. The van der Waals surface area contributed by atoms with E-state index < -0.39 is 0 Å². The smallest absolute Gasteiger partial charge is 0.222 e. The molecule has 1 aliphatic heterocycles. The van der Waals surface area contributed by atoms with Gasteiger partial charge in [-0.3, -0.25) is 0 Å². The molecule has 0 radical (unpaired) electrons. The van der Waals surface area contributed by atoms with Gasteiger partial charge in [0.1, 0.15) is 0 Å². The van der Waals surface area contributed by atoms with Gasteiger partial charge in [0.05, 0.1) is 11.3 Å². The molecule has 15 heavy (non-hydrogen) atoms. The standard InChI is InChI=1S/C10H11FN4/c1-12-10-14-6-4-8(15-10)7-3-2-5-13-9(7)11/h2-4,6,13H,5H2,1H3,(H,12,14,15). The molecular formula is C10H11FN4. The highest BCUT2D eigenvalue weighted by atomic mass is 19.1. The topological polar surface area (TPSA) is 49.8 Å². The number of nitrogens with zero attached hydrogens (tertiary/aromatic N) is 2. The lowest BCUT2D eigenvalue weighted by molar-refractivity contribution is 0.560. The molecular weight excluding hydrogens is 195 g/mol. The first kappa shape index (κ1) is 9.64. The summed E-state index contributed by atoms with van der Waals surface area (Å²) in [6.07, 6.45) is 5.16. The number of rotatable bonds is 2. The van der Waals surface area contributed by atoms with Crippen LogP contribution in [0, 0.1) is 0 Å². The van der Waals surface area contributed by atoms with Gasteiger partial charge in [-0.15, -0.1) is 0 Å². The Balaban J connectivity index is 2.40. The summed E-state index contributed by atoms with van der Waals surface area (Å²) in [5.74, 6) is 0.130. The summed E-state index contributed by atoms with van der Waals surface area (Å²) in [6.45, 7) is 0.513. The molecule has 5 heteroatoms. The quantitative estimate of drug-likeness (QED) is 0.716. The SMILES string of the molecule is CNc1nccc(C2=C(F)NCC=C2)n1. The van der Waals surface area contributed by atoms with Gasteiger partial charge in [0, 0.05) is 19.8 Å². The second-order valence-corrected chi connectivity index (χ2v) is 3.03. The maximum Gasteiger partial charge on any atom is 0.222 e. The second-order valence-electron chi connectivity index (χ2n) is 3.03. The van der Waals surface area contributed by atoms with Crippen molar-refractivity contribution in [1.29, 1.82) is 0 Å². The van der Waals surface area contributed by atoms with E-state index in [1.807, 2.05) is 6.08 Å². The van der Waals surface area contributed by atoms with Gasteiger partial charge in [-0.1, -0.05) is 12.2 Å². The molecule has 0 aliphatic carbocycles. The molecule has 78 valence electrons. The minimum absolute atomic E-state index is 0.349. The average molecular weight is 206 g/mol. The highest BCUT2D eigenvalue weighted by Gasteiger charge is 2.11. The Morgan fingerprint density at radius 3 is 3.13 bits per heavy atom. The van der Waals surface area contributed by atoms with E-state index in [1.54, 1.807) is 25.4 Å². The number of hydrogen-bond acceptors (Lipinski definition) is 4. The summed E-state index contributed by atoms with van der Waals surface area (Å²) in [5, 5.41) is 5.42. The first-order valence-corrected chi connectivity index (χ1v) is 4.62. The first-order valence-electron chi connectivity index (χ1n) is 4.62. The van der Waals surface area contributed by atoms with E-state index in [-0.39, 0.29) is 5.95 Å². The van der Waals surface area contributed by atoms with Crippen LogP contribution in [0.1, 0.15) is 5.69 Å². The summed E-state index contributed by atoms with van der Waals surface area (Å²) >= 11 is 0. The van der Waals surface area contributed by atoms with Gasteiger partial charge >= 0.3 is 0 Å². The molecule has 0 bridgehead atoms. The molecule has 0 saturated heterocycles. The van der Waals surface area contributed by atoms with Crippen LogP contribution in [0.5, 0.6) is 0 Å². The Morgan fingerprint density at radius 2 is 2.40 bits per heavy atom. The van der Waals surface area contributed by atoms with Crippen LogP contribution < -0.4 is 10.6 Å². The van der Waals surface area contributed by atoms with Gasteiger partial charge in [0.25, 0.3) is 0 Å². The van der Waals surface area contributed by atoms with Crippen LogP contribution in [-0.2, 0) is 0 Å². The van der Waals surface area contributed by atoms with Crippen LogP contribution in [0.2, 0.25) is 0 Å². The van der Waals surface area contributed by atoms with E-state index in [0.29, 0.717) is 23.8 Å². The molecule has 2 N–H and O–H groups in total. The molecule has 0 amide bonds. The van der Waals surface area contributed by atoms with E-state index >= 15 is 0 Å². The van der Waals surface area contributed by atoms with Gasteiger partial charge in [-0.05, 0) is 6.07 Å². The van der Waals surface area contributed by atoms with Crippen LogP contribution in [0.3, 0.4) is 0 Å². The predicted octanol–water partition coefficient (Wildman–Crippen LogP) is 1.32. The van der Waals surface area contributed by atoms with Gasteiger partial charge in [-0.25, -0.2) is 9.97 Å². The molecule has 1 aliphatic rings. The van der Waals surface area contributed by atoms with Crippen molar-refractivity contribution in [2.45, 2.75) is 0 Å². The van der Waals surface area contributed by atoms with Crippen molar-refractivity contribution < 1.29 is 4.39 Å². The van der Waals surface area contributed by atoms with Gasteiger partial charge in [0.15, 0.2) is 5.95 Å². The number of halogens is 1. The third-order valence-electron chi connectivity index (χ3n) is 2.05. The van der Waals surface area contributed by atoms with Crippen LogP contribution in [-0.4, -0.2) is 23.6 Å². The largest absolute Gasteiger partial charge is 0.358 e. The molecule has 0 unspecified atom stereocenters. The fraction of sp³-hybridized carbons (Fsp3) is 0.200. The second kappa shape index (κ2) is 4.08. The molecule has 0 atom stereocenters. The van der Waals surface area contributed by atoms with E-state index in [4.69, 9.17) is 0 Å². The minimum Gasteiger partial charge on any atom is -0.358 e. The van der Waals surface area contributed by atoms with E-state index in [2.05, 4.69) is 20.6 Å². The summed E-state index contributed by atoms with van der Waals surface area (Å²) in [4.78, 5) is 8.12. The van der Waals surface area contributed by atoms with Crippen molar-refractivity contribution in [2.24, 2.45) is 0 Å². The summed E-state index contributed by atoms with van der Waals surface area (Å²) in [5.41, 5.74) is 1.02. The average Bonchev–Trinajstić information content (AvgIpc) is 2.30. The monoisotopic (exact) mass is 206 g/mol. The fourth-order valence-electron chi connectivity index (χ4n) is 1.32. The van der Waals surface area contributed by atoms with Crippen LogP contribution in [0.25, 0.3) is 5.57 Å². The Hall–Kier alpha value is -1.91. The fourth-order valence-corrected chi connectivity index (χ4v) is 1.32. The number of aromatic nitrogens is 2. The van der Waals surface area contributed by atoms with E-state index in [0.717, 1.165) is 0 Å². The number of nitrogens with one attached hydrogen (secondary N) is 2. The predicted molar refractivity (Wildman–Crippen MR) is 56.7 cm³/mol. The maximum atomic E-state index is 13.4. The van der Waals surface area contributed by atoms with E-state index in [1.165, 1.54) is 0 Å². The highest BCUT2D eigenvalue weighted by Crippen LogP contribution is 2.20. The zero-order chi connectivity index (χ0) is 10.7. The van der Waals surface area contributed by atoms with Crippen molar-refractivity contribution in [3.05, 3.63) is 36.1 Å². The lowest BCUT2D eigenvalue weighted by atomic mass is 10.1. The number of hydrogen-bond donors (Lipinski definition) is 2. The summed E-state index contributed by atoms with van der Waals surface area (Å²) in [7, 11) is 1.72. The molecule has 4 nitrogen and oxygen atoms in total. The van der Waals surface area contributed by atoms with Crippen LogP contribution >= 0.6 is 0 Å². The highest BCUT2D eigenvalue weighted by molar-refractivity contribution is 5.74. The Labute approximate surface area is 86.9 Å². The molecule has 0 spiro atoms. The Morgan fingerprint density at radius 1 is 1.53 bits per heavy atom. The van der Waals surface area contributed by atoms with Gasteiger partial charge < -0.3 is 10.6 Å². The zero-order valence-corrected chi connectivity index (χ0v) is 8.29. The third-order valence-corrected chi connectivity index (χ3v) is 2.05. The van der Waals surface area contributed by atoms with Crippen molar-refractivity contribution in [2.75, 3.05) is 18.9 Å². The normalized spacial score (nSPS) is 15.1. The number of anilines is 1. The zero-order valence-electron chi connectivity index (χ0n) is 8.29. The van der Waals surface area contributed by atoms with E-state index in [9.17, 15) is 4.39 Å². The number of dihydropyridines is 1.